The fraction of sp³-hybridized carbons (Fsp3) is 0.471. The molecule has 0 spiro atoms. The third kappa shape index (κ3) is 2.81. The highest BCUT2D eigenvalue weighted by Crippen LogP contribution is 2.32. The number of carbonyl (C=O) groups excluding carboxylic acids is 3. The molecule has 6 heteroatoms. The molecule has 1 saturated heterocycles. The predicted octanol–water partition coefficient (Wildman–Crippen LogP) is 1.59. The van der Waals surface area contributed by atoms with Gasteiger partial charge in [-0.1, -0.05) is 12.1 Å². The maximum Gasteiger partial charge on any atom is 0.307 e. The summed E-state index contributed by atoms with van der Waals surface area (Å²) in [5.74, 6) is -0.545. The van der Waals surface area contributed by atoms with Gasteiger partial charge in [-0.25, -0.2) is 0 Å². The van der Waals surface area contributed by atoms with Crippen molar-refractivity contribution in [1.82, 2.24) is 4.90 Å². The van der Waals surface area contributed by atoms with Crippen LogP contribution < -0.4 is 4.90 Å². The van der Waals surface area contributed by atoms with Crippen LogP contribution in [0.1, 0.15) is 36.5 Å². The van der Waals surface area contributed by atoms with E-state index in [-0.39, 0.29) is 30.7 Å². The Morgan fingerprint density at radius 1 is 1.30 bits per heavy atom. The van der Waals surface area contributed by atoms with Crippen LogP contribution in [0.25, 0.3) is 0 Å². The number of rotatable bonds is 4. The molecule has 0 bridgehead atoms. The molecule has 3 rings (SSSR count). The maximum atomic E-state index is 12.9. The number of anilines is 1. The molecular weight excluding hydrogens is 296 g/mol. The summed E-state index contributed by atoms with van der Waals surface area (Å²) in [7, 11) is 0. The third-order valence-corrected chi connectivity index (χ3v) is 4.33. The Kier molecular flexibility index (Phi) is 4.32. The van der Waals surface area contributed by atoms with Gasteiger partial charge < -0.3 is 14.5 Å². The fourth-order valence-electron chi connectivity index (χ4n) is 3.28. The average Bonchev–Trinajstić information content (AvgIpc) is 3.01. The molecule has 1 aromatic rings. The van der Waals surface area contributed by atoms with Gasteiger partial charge in [0, 0.05) is 13.1 Å². The lowest BCUT2D eigenvalue weighted by atomic mass is 10.1. The maximum absolute atomic E-state index is 12.9. The number of nitrogens with zero attached hydrogens (tertiary/aromatic N) is 2. The molecule has 0 saturated carbocycles. The third-order valence-electron chi connectivity index (χ3n) is 4.33. The largest absolute Gasteiger partial charge is 0.466 e. The van der Waals surface area contributed by atoms with Crippen molar-refractivity contribution >= 4 is 23.5 Å². The Bertz CT molecular complexity index is 643. The minimum absolute atomic E-state index is 0.102. The second-order valence-electron chi connectivity index (χ2n) is 5.72. The highest BCUT2D eigenvalue weighted by Gasteiger charge is 2.41. The van der Waals surface area contributed by atoms with Crippen LogP contribution in [-0.2, 0) is 14.3 Å². The van der Waals surface area contributed by atoms with Crippen LogP contribution in [0.15, 0.2) is 24.3 Å². The van der Waals surface area contributed by atoms with Crippen molar-refractivity contribution in [1.29, 1.82) is 0 Å². The van der Waals surface area contributed by atoms with Crippen LogP contribution >= 0.6 is 0 Å². The number of hydrogen-bond acceptors (Lipinski definition) is 4. The molecule has 2 amide bonds. The number of amides is 2. The van der Waals surface area contributed by atoms with Crippen molar-refractivity contribution < 1.29 is 19.1 Å². The Hall–Kier alpha value is -2.37. The highest BCUT2D eigenvalue weighted by molar-refractivity contribution is 6.11. The lowest BCUT2D eigenvalue weighted by Crippen LogP contribution is -2.45. The molecule has 1 atom stereocenters. The van der Waals surface area contributed by atoms with Crippen molar-refractivity contribution in [3.05, 3.63) is 29.8 Å². The fourth-order valence-corrected chi connectivity index (χ4v) is 3.28. The lowest BCUT2D eigenvalue weighted by Gasteiger charge is -2.25. The normalized spacial score (nSPS) is 20.1. The number of para-hydroxylation sites is 1. The predicted molar refractivity (Wildman–Crippen MR) is 84.1 cm³/mol. The lowest BCUT2D eigenvalue weighted by molar-refractivity contribution is -0.142. The van der Waals surface area contributed by atoms with E-state index in [1.807, 2.05) is 0 Å². The quantitative estimate of drug-likeness (QED) is 0.791. The number of ether oxygens (including phenoxy) is 1. The van der Waals surface area contributed by atoms with Gasteiger partial charge in [0.25, 0.3) is 5.91 Å². The Balaban J connectivity index is 1.92. The molecule has 1 aromatic carbocycles. The second kappa shape index (κ2) is 6.40. The molecule has 1 unspecified atom stereocenters. The summed E-state index contributed by atoms with van der Waals surface area (Å²) >= 11 is 0. The van der Waals surface area contributed by atoms with Crippen molar-refractivity contribution in [2.45, 2.75) is 32.2 Å². The second-order valence-corrected chi connectivity index (χ2v) is 5.72. The first-order valence-corrected chi connectivity index (χ1v) is 8.00. The van der Waals surface area contributed by atoms with E-state index in [1.165, 1.54) is 0 Å². The molecule has 0 aromatic heterocycles. The van der Waals surface area contributed by atoms with Gasteiger partial charge in [-0.05, 0) is 31.9 Å². The van der Waals surface area contributed by atoms with Gasteiger partial charge in [0.1, 0.15) is 6.04 Å². The topological polar surface area (TPSA) is 66.9 Å². The van der Waals surface area contributed by atoms with Gasteiger partial charge >= 0.3 is 5.97 Å². The van der Waals surface area contributed by atoms with Crippen LogP contribution in [0.5, 0.6) is 0 Å². The molecule has 2 aliphatic rings. The van der Waals surface area contributed by atoms with E-state index in [9.17, 15) is 14.4 Å². The molecule has 23 heavy (non-hydrogen) atoms. The van der Waals surface area contributed by atoms with Crippen LogP contribution in [0.2, 0.25) is 0 Å². The minimum Gasteiger partial charge on any atom is -0.466 e. The number of fused-ring (bicyclic) bond motifs is 2. The van der Waals surface area contributed by atoms with E-state index in [0.717, 1.165) is 6.42 Å². The minimum atomic E-state index is -0.419. The van der Waals surface area contributed by atoms with Gasteiger partial charge in [0.15, 0.2) is 0 Å². The Labute approximate surface area is 135 Å². The van der Waals surface area contributed by atoms with E-state index in [2.05, 4.69) is 0 Å². The Morgan fingerprint density at radius 3 is 2.87 bits per heavy atom. The summed E-state index contributed by atoms with van der Waals surface area (Å²) in [5, 5.41) is 0. The van der Waals surface area contributed by atoms with Gasteiger partial charge in [0.2, 0.25) is 5.91 Å². The van der Waals surface area contributed by atoms with E-state index in [4.69, 9.17) is 4.74 Å². The first-order valence-electron chi connectivity index (χ1n) is 8.00. The van der Waals surface area contributed by atoms with Crippen LogP contribution in [0.4, 0.5) is 5.69 Å². The molecule has 122 valence electrons. The molecule has 2 aliphatic heterocycles. The van der Waals surface area contributed by atoms with E-state index < -0.39 is 6.04 Å². The number of esters is 1. The molecule has 6 nitrogen and oxygen atoms in total. The van der Waals surface area contributed by atoms with Crippen molar-refractivity contribution in [3.8, 4) is 0 Å². The van der Waals surface area contributed by atoms with E-state index >= 15 is 0 Å². The summed E-state index contributed by atoms with van der Waals surface area (Å²) < 4.78 is 4.94. The standard InChI is InChI=1S/C17H20N2O4/c1-2-23-15(20)9-11-19-13-7-4-3-6-12(13)16(21)18-10-5-8-14(18)17(19)22/h3-4,6-7,14H,2,5,8-11H2,1H3. The van der Waals surface area contributed by atoms with Gasteiger partial charge in [0.05, 0.1) is 24.3 Å². The van der Waals surface area contributed by atoms with Crippen molar-refractivity contribution in [2.75, 3.05) is 24.6 Å². The smallest absolute Gasteiger partial charge is 0.307 e. The monoisotopic (exact) mass is 316 g/mol. The molecular formula is C17H20N2O4. The zero-order valence-electron chi connectivity index (χ0n) is 13.2. The average molecular weight is 316 g/mol. The summed E-state index contributed by atoms with van der Waals surface area (Å²) in [6, 6.07) is 6.67. The van der Waals surface area contributed by atoms with Crippen molar-refractivity contribution in [3.63, 3.8) is 0 Å². The first-order chi connectivity index (χ1) is 11.1. The summed E-state index contributed by atoms with van der Waals surface area (Å²) in [5.41, 5.74) is 1.11. The highest BCUT2D eigenvalue weighted by atomic mass is 16.5. The Morgan fingerprint density at radius 2 is 2.09 bits per heavy atom. The zero-order valence-corrected chi connectivity index (χ0v) is 13.2. The molecule has 0 aliphatic carbocycles. The summed E-state index contributed by atoms with van der Waals surface area (Å²) in [4.78, 5) is 40.5. The van der Waals surface area contributed by atoms with E-state index in [0.29, 0.717) is 30.8 Å². The van der Waals surface area contributed by atoms with Gasteiger partial charge in [-0.2, -0.15) is 0 Å². The summed E-state index contributed by atoms with van der Waals surface area (Å²) in [6.45, 7) is 2.90. The van der Waals surface area contributed by atoms with Gasteiger partial charge in [-0.15, -0.1) is 0 Å². The first kappa shape index (κ1) is 15.5. The molecule has 0 N–H and O–H groups in total. The summed E-state index contributed by atoms with van der Waals surface area (Å²) in [6.07, 6.45) is 1.62. The SMILES string of the molecule is CCOC(=O)CCN1C(=O)C2CCCN2C(=O)c2ccccc21. The van der Waals surface area contributed by atoms with Crippen LogP contribution in [0, 0.1) is 0 Å². The number of benzene rings is 1. The van der Waals surface area contributed by atoms with Crippen LogP contribution in [0.3, 0.4) is 0 Å². The van der Waals surface area contributed by atoms with Gasteiger partial charge in [-0.3, -0.25) is 14.4 Å². The molecule has 0 radical (unpaired) electrons. The number of hydrogen-bond donors (Lipinski definition) is 0. The van der Waals surface area contributed by atoms with Crippen molar-refractivity contribution in [2.24, 2.45) is 0 Å². The zero-order chi connectivity index (χ0) is 16.4. The van der Waals surface area contributed by atoms with Crippen LogP contribution in [-0.4, -0.2) is 48.4 Å². The molecule has 2 heterocycles. The number of carbonyl (C=O) groups is 3. The van der Waals surface area contributed by atoms with E-state index in [1.54, 1.807) is 41.0 Å². The molecule has 1 fully saturated rings.